The smallest absolute Gasteiger partial charge is 0.251 e. The summed E-state index contributed by atoms with van der Waals surface area (Å²) in [5, 5.41) is 4.05. The average Bonchev–Trinajstić information content (AvgIpc) is 2.91. The second-order valence-corrected chi connectivity index (χ2v) is 6.69. The van der Waals surface area contributed by atoms with Gasteiger partial charge in [0.15, 0.2) is 0 Å². The molecule has 1 heterocycles. The molecule has 0 unspecified atom stereocenters. The maximum atomic E-state index is 12.6. The minimum Gasteiger partial charge on any atom is -0.494 e. The minimum atomic E-state index is -0.566. The molecule has 7 heteroatoms. The van der Waals surface area contributed by atoms with Crippen LogP contribution >= 0.6 is 23.2 Å². The Morgan fingerprint density at radius 1 is 1.12 bits per heavy atom. The molecular weight excluding hydrogens is 375 g/mol. The Bertz CT molecular complexity index is 824. The average molecular weight is 393 g/mol. The van der Waals surface area contributed by atoms with Gasteiger partial charge in [0.25, 0.3) is 5.91 Å². The summed E-state index contributed by atoms with van der Waals surface area (Å²) >= 11 is 11.9. The number of carbonyl (C=O) groups excluding carboxylic acids is 2. The van der Waals surface area contributed by atoms with Gasteiger partial charge in [-0.25, -0.2) is 4.90 Å². The summed E-state index contributed by atoms with van der Waals surface area (Å²) < 4.78 is 5.38. The molecule has 0 radical (unpaired) electrons. The van der Waals surface area contributed by atoms with Crippen LogP contribution in [-0.4, -0.2) is 24.5 Å². The van der Waals surface area contributed by atoms with Crippen LogP contribution in [0.2, 0.25) is 10.0 Å². The highest BCUT2D eigenvalue weighted by Crippen LogP contribution is 2.26. The predicted octanol–water partition coefficient (Wildman–Crippen LogP) is 3.81. The van der Waals surface area contributed by atoms with Crippen LogP contribution in [0.4, 0.5) is 5.69 Å². The molecule has 2 amide bonds. The number of rotatable bonds is 6. The van der Waals surface area contributed by atoms with Crippen molar-refractivity contribution in [2.45, 2.75) is 25.9 Å². The van der Waals surface area contributed by atoms with Crippen molar-refractivity contribution in [1.82, 2.24) is 5.32 Å². The lowest BCUT2D eigenvalue weighted by molar-refractivity contribution is -0.121. The SMILES string of the molecule is CCOc1ccc(N2C(=O)C[C@H](NCc3ccc(Cl)c(Cl)c3)C2=O)cc1. The van der Waals surface area contributed by atoms with E-state index in [1.54, 1.807) is 36.4 Å². The van der Waals surface area contributed by atoms with E-state index < -0.39 is 6.04 Å². The van der Waals surface area contributed by atoms with Crippen LogP contribution < -0.4 is 15.0 Å². The number of carbonyl (C=O) groups is 2. The standard InChI is InChI=1S/C19H18Cl2N2O3/c1-2-26-14-6-4-13(5-7-14)23-18(24)10-17(19(23)25)22-11-12-3-8-15(20)16(21)9-12/h3-9,17,22H,2,10-11H2,1H3/t17-/m0/s1. The summed E-state index contributed by atoms with van der Waals surface area (Å²) in [4.78, 5) is 26.2. The summed E-state index contributed by atoms with van der Waals surface area (Å²) in [6, 6.07) is 11.6. The Hall–Kier alpha value is -2.08. The zero-order chi connectivity index (χ0) is 18.7. The molecule has 1 saturated heterocycles. The summed E-state index contributed by atoms with van der Waals surface area (Å²) in [5.74, 6) is 0.203. The van der Waals surface area contributed by atoms with Gasteiger partial charge in [-0.05, 0) is 48.9 Å². The van der Waals surface area contributed by atoms with E-state index in [4.69, 9.17) is 27.9 Å². The summed E-state index contributed by atoms with van der Waals surface area (Å²) in [6.45, 7) is 2.87. The third-order valence-corrected chi connectivity index (χ3v) is 4.83. The molecule has 0 aliphatic carbocycles. The number of ether oxygens (including phenoxy) is 1. The minimum absolute atomic E-state index is 0.118. The second kappa shape index (κ2) is 8.08. The maximum Gasteiger partial charge on any atom is 0.251 e. The molecule has 0 aromatic heterocycles. The molecule has 2 aromatic rings. The van der Waals surface area contributed by atoms with Crippen LogP contribution in [0.3, 0.4) is 0 Å². The molecule has 26 heavy (non-hydrogen) atoms. The van der Waals surface area contributed by atoms with Gasteiger partial charge >= 0.3 is 0 Å². The van der Waals surface area contributed by atoms with E-state index in [0.717, 1.165) is 5.56 Å². The first-order chi connectivity index (χ1) is 12.5. The van der Waals surface area contributed by atoms with Crippen LogP contribution in [0.1, 0.15) is 18.9 Å². The third-order valence-electron chi connectivity index (χ3n) is 4.09. The van der Waals surface area contributed by atoms with Gasteiger partial charge in [0.05, 0.1) is 34.8 Å². The molecule has 1 aliphatic heterocycles. The van der Waals surface area contributed by atoms with Crippen molar-refractivity contribution in [3.05, 3.63) is 58.1 Å². The van der Waals surface area contributed by atoms with Crippen molar-refractivity contribution in [1.29, 1.82) is 0 Å². The first-order valence-electron chi connectivity index (χ1n) is 8.26. The van der Waals surface area contributed by atoms with Crippen molar-refractivity contribution in [2.75, 3.05) is 11.5 Å². The monoisotopic (exact) mass is 392 g/mol. The quantitative estimate of drug-likeness (QED) is 0.759. The summed E-state index contributed by atoms with van der Waals surface area (Å²) in [7, 11) is 0. The lowest BCUT2D eigenvalue weighted by Crippen LogP contribution is -2.38. The molecule has 1 fully saturated rings. The Morgan fingerprint density at radius 2 is 1.85 bits per heavy atom. The largest absolute Gasteiger partial charge is 0.494 e. The van der Waals surface area contributed by atoms with E-state index in [9.17, 15) is 9.59 Å². The topological polar surface area (TPSA) is 58.6 Å². The third kappa shape index (κ3) is 4.01. The van der Waals surface area contributed by atoms with Crippen molar-refractivity contribution < 1.29 is 14.3 Å². The van der Waals surface area contributed by atoms with E-state index in [1.807, 2.05) is 13.0 Å². The zero-order valence-electron chi connectivity index (χ0n) is 14.2. The van der Waals surface area contributed by atoms with Crippen molar-refractivity contribution in [3.8, 4) is 5.75 Å². The zero-order valence-corrected chi connectivity index (χ0v) is 15.7. The van der Waals surface area contributed by atoms with Gasteiger partial charge in [0.1, 0.15) is 5.75 Å². The van der Waals surface area contributed by atoms with Gasteiger partial charge < -0.3 is 10.1 Å². The Labute approximate surface area is 161 Å². The molecule has 0 spiro atoms. The Balaban J connectivity index is 1.67. The molecule has 1 atom stereocenters. The van der Waals surface area contributed by atoms with Crippen LogP contribution in [0.5, 0.6) is 5.75 Å². The molecule has 0 bridgehead atoms. The molecule has 3 rings (SSSR count). The van der Waals surface area contributed by atoms with E-state index in [0.29, 0.717) is 34.6 Å². The van der Waals surface area contributed by atoms with Crippen LogP contribution in [0.15, 0.2) is 42.5 Å². The molecular formula is C19H18Cl2N2O3. The van der Waals surface area contributed by atoms with Gasteiger partial charge in [0.2, 0.25) is 5.91 Å². The summed E-state index contributed by atoms with van der Waals surface area (Å²) in [5.41, 5.74) is 1.43. The number of hydrogen-bond acceptors (Lipinski definition) is 4. The second-order valence-electron chi connectivity index (χ2n) is 5.88. The van der Waals surface area contributed by atoms with Crippen LogP contribution in [0, 0.1) is 0 Å². The number of imide groups is 1. The lowest BCUT2D eigenvalue weighted by Gasteiger charge is -2.16. The van der Waals surface area contributed by atoms with Crippen molar-refractivity contribution >= 4 is 40.7 Å². The number of nitrogens with one attached hydrogen (secondary N) is 1. The highest BCUT2D eigenvalue weighted by Gasteiger charge is 2.39. The van der Waals surface area contributed by atoms with Gasteiger partial charge in [-0.3, -0.25) is 9.59 Å². The highest BCUT2D eigenvalue weighted by molar-refractivity contribution is 6.42. The number of benzene rings is 2. The lowest BCUT2D eigenvalue weighted by atomic mass is 10.2. The van der Waals surface area contributed by atoms with Crippen LogP contribution in [-0.2, 0) is 16.1 Å². The van der Waals surface area contributed by atoms with Crippen LogP contribution in [0.25, 0.3) is 0 Å². The molecule has 1 N–H and O–H groups in total. The number of amides is 2. The Kier molecular flexibility index (Phi) is 5.81. The molecule has 5 nitrogen and oxygen atoms in total. The van der Waals surface area contributed by atoms with Gasteiger partial charge in [-0.15, -0.1) is 0 Å². The van der Waals surface area contributed by atoms with Gasteiger partial charge in [-0.2, -0.15) is 0 Å². The van der Waals surface area contributed by atoms with E-state index in [-0.39, 0.29) is 18.2 Å². The van der Waals surface area contributed by atoms with E-state index >= 15 is 0 Å². The van der Waals surface area contributed by atoms with Crippen molar-refractivity contribution in [3.63, 3.8) is 0 Å². The fraction of sp³-hybridized carbons (Fsp3) is 0.263. The predicted molar refractivity (Wildman–Crippen MR) is 102 cm³/mol. The maximum absolute atomic E-state index is 12.6. The Morgan fingerprint density at radius 3 is 2.50 bits per heavy atom. The fourth-order valence-electron chi connectivity index (χ4n) is 2.81. The normalized spacial score (nSPS) is 17.0. The number of anilines is 1. The van der Waals surface area contributed by atoms with Gasteiger partial charge in [0, 0.05) is 6.54 Å². The molecule has 1 aliphatic rings. The first-order valence-corrected chi connectivity index (χ1v) is 9.02. The van der Waals surface area contributed by atoms with E-state index in [2.05, 4.69) is 5.32 Å². The number of halogens is 2. The molecule has 2 aromatic carbocycles. The van der Waals surface area contributed by atoms with Crippen molar-refractivity contribution in [2.24, 2.45) is 0 Å². The summed E-state index contributed by atoms with van der Waals surface area (Å²) in [6.07, 6.45) is 0.118. The fourth-order valence-corrected chi connectivity index (χ4v) is 3.13. The van der Waals surface area contributed by atoms with Gasteiger partial charge in [-0.1, -0.05) is 29.3 Å². The molecule has 136 valence electrons. The highest BCUT2D eigenvalue weighted by atomic mass is 35.5. The van der Waals surface area contributed by atoms with E-state index in [1.165, 1.54) is 4.90 Å². The molecule has 0 saturated carbocycles. The first kappa shape index (κ1) is 18.7. The number of nitrogens with zero attached hydrogens (tertiary/aromatic N) is 1. The number of hydrogen-bond donors (Lipinski definition) is 1.